The molecule has 4 nitrogen and oxygen atoms in total. The highest BCUT2D eigenvalue weighted by molar-refractivity contribution is 5.82. The van der Waals surface area contributed by atoms with E-state index in [0.717, 1.165) is 38.8 Å². The fourth-order valence-electron chi connectivity index (χ4n) is 2.27. The fraction of sp³-hybridized carbons (Fsp3) is 0.929. The third-order valence-electron chi connectivity index (χ3n) is 3.79. The molecule has 0 aromatic carbocycles. The molecule has 3 unspecified atom stereocenters. The molecule has 1 heterocycles. The van der Waals surface area contributed by atoms with E-state index >= 15 is 0 Å². The molecule has 1 saturated heterocycles. The van der Waals surface area contributed by atoms with Crippen molar-refractivity contribution in [3.8, 4) is 0 Å². The number of nitrogens with two attached hydrogens (primary N) is 1. The molecule has 0 radical (unpaired) electrons. The second kappa shape index (κ2) is 7.74. The number of hydrogen-bond donors (Lipinski definition) is 1. The Bertz CT molecular complexity index is 258. The predicted molar refractivity (Wildman–Crippen MR) is 73.3 cm³/mol. The molecule has 3 atom stereocenters. The van der Waals surface area contributed by atoms with E-state index in [-0.39, 0.29) is 24.0 Å². The number of hydrogen-bond acceptors (Lipinski definition) is 3. The molecule has 0 saturated carbocycles. The quantitative estimate of drug-likeness (QED) is 0.788. The molecule has 1 aliphatic rings. The van der Waals surface area contributed by atoms with Crippen LogP contribution in [0.2, 0.25) is 0 Å². The summed E-state index contributed by atoms with van der Waals surface area (Å²) in [5, 5.41) is 0. The van der Waals surface area contributed by atoms with Crippen LogP contribution in [0, 0.1) is 5.92 Å². The van der Waals surface area contributed by atoms with Crippen molar-refractivity contribution in [2.45, 2.75) is 58.6 Å². The maximum atomic E-state index is 12.3. The van der Waals surface area contributed by atoms with Gasteiger partial charge in [-0.1, -0.05) is 27.2 Å². The lowest BCUT2D eigenvalue weighted by Crippen LogP contribution is -2.51. The summed E-state index contributed by atoms with van der Waals surface area (Å²) in [5.41, 5.74) is 6.02. The number of ether oxygens (including phenoxy) is 1. The fourth-order valence-corrected chi connectivity index (χ4v) is 2.27. The Morgan fingerprint density at radius 3 is 2.83 bits per heavy atom. The minimum atomic E-state index is -0.361. The Hall–Kier alpha value is -0.610. The van der Waals surface area contributed by atoms with Gasteiger partial charge in [0, 0.05) is 19.7 Å². The highest BCUT2D eigenvalue weighted by Crippen LogP contribution is 2.16. The zero-order chi connectivity index (χ0) is 13.5. The molecule has 1 rings (SSSR count). The summed E-state index contributed by atoms with van der Waals surface area (Å²) in [6, 6.07) is -0.361. The number of amides is 1. The summed E-state index contributed by atoms with van der Waals surface area (Å²) in [6.07, 6.45) is 4.25. The van der Waals surface area contributed by atoms with Crippen LogP contribution in [0.25, 0.3) is 0 Å². The number of likely N-dealkylation sites (tertiary alicyclic amines) is 1. The molecule has 0 aliphatic carbocycles. The number of piperidine rings is 1. The second-order valence-corrected chi connectivity index (χ2v) is 5.33. The van der Waals surface area contributed by atoms with Crippen LogP contribution in [0.4, 0.5) is 0 Å². The Kier molecular flexibility index (Phi) is 6.65. The van der Waals surface area contributed by atoms with Gasteiger partial charge < -0.3 is 15.4 Å². The number of carbonyl (C=O) groups is 1. The standard InChI is InChI=1S/C14H28N2O2/c1-4-9-18-12-7-6-8-16(10-12)14(17)13(15)11(3)5-2/h11-13H,4-10,15H2,1-3H3. The average Bonchev–Trinajstić information content (AvgIpc) is 2.42. The third kappa shape index (κ3) is 4.25. The molecule has 18 heavy (non-hydrogen) atoms. The van der Waals surface area contributed by atoms with E-state index in [4.69, 9.17) is 10.5 Å². The van der Waals surface area contributed by atoms with Crippen molar-refractivity contribution in [2.75, 3.05) is 19.7 Å². The summed E-state index contributed by atoms with van der Waals surface area (Å²) in [6.45, 7) is 8.53. The molecular formula is C14H28N2O2. The van der Waals surface area contributed by atoms with Crippen LogP contribution in [-0.4, -0.2) is 42.6 Å². The highest BCUT2D eigenvalue weighted by atomic mass is 16.5. The lowest BCUT2D eigenvalue weighted by atomic mass is 9.97. The number of nitrogens with zero attached hydrogens (tertiary/aromatic N) is 1. The van der Waals surface area contributed by atoms with Crippen LogP contribution < -0.4 is 5.73 Å². The lowest BCUT2D eigenvalue weighted by Gasteiger charge is -2.35. The Morgan fingerprint density at radius 1 is 1.50 bits per heavy atom. The van der Waals surface area contributed by atoms with E-state index in [1.807, 2.05) is 11.8 Å². The number of carbonyl (C=O) groups excluding carboxylic acids is 1. The van der Waals surface area contributed by atoms with Gasteiger partial charge in [0.25, 0.3) is 0 Å². The van der Waals surface area contributed by atoms with E-state index in [1.165, 1.54) is 0 Å². The van der Waals surface area contributed by atoms with Crippen LogP contribution in [0.3, 0.4) is 0 Å². The molecule has 2 N–H and O–H groups in total. The van der Waals surface area contributed by atoms with Crippen LogP contribution >= 0.6 is 0 Å². The maximum Gasteiger partial charge on any atom is 0.239 e. The first-order valence-electron chi connectivity index (χ1n) is 7.26. The molecular weight excluding hydrogens is 228 g/mol. The Morgan fingerprint density at radius 2 is 2.22 bits per heavy atom. The van der Waals surface area contributed by atoms with E-state index < -0.39 is 0 Å². The van der Waals surface area contributed by atoms with Crippen LogP contribution in [0.1, 0.15) is 46.5 Å². The Labute approximate surface area is 111 Å². The second-order valence-electron chi connectivity index (χ2n) is 5.33. The third-order valence-corrected chi connectivity index (χ3v) is 3.79. The first kappa shape index (κ1) is 15.4. The Balaban J connectivity index is 2.47. The molecule has 1 fully saturated rings. The molecule has 4 heteroatoms. The van der Waals surface area contributed by atoms with Crippen molar-refractivity contribution in [2.24, 2.45) is 11.7 Å². The van der Waals surface area contributed by atoms with Gasteiger partial charge in [0.2, 0.25) is 5.91 Å². The smallest absolute Gasteiger partial charge is 0.239 e. The average molecular weight is 256 g/mol. The lowest BCUT2D eigenvalue weighted by molar-refractivity contribution is -0.137. The molecule has 0 aromatic rings. The van der Waals surface area contributed by atoms with Crippen molar-refractivity contribution in [3.05, 3.63) is 0 Å². The minimum Gasteiger partial charge on any atom is -0.376 e. The van der Waals surface area contributed by atoms with Gasteiger partial charge >= 0.3 is 0 Å². The van der Waals surface area contributed by atoms with Gasteiger partial charge in [-0.3, -0.25) is 4.79 Å². The summed E-state index contributed by atoms with van der Waals surface area (Å²) in [5.74, 6) is 0.337. The van der Waals surface area contributed by atoms with E-state index in [2.05, 4.69) is 13.8 Å². The van der Waals surface area contributed by atoms with Gasteiger partial charge in [-0.15, -0.1) is 0 Å². The normalized spacial score (nSPS) is 23.8. The van der Waals surface area contributed by atoms with Crippen LogP contribution in [0.5, 0.6) is 0 Å². The van der Waals surface area contributed by atoms with E-state index in [9.17, 15) is 4.79 Å². The van der Waals surface area contributed by atoms with Crippen molar-refractivity contribution < 1.29 is 9.53 Å². The van der Waals surface area contributed by atoms with Crippen molar-refractivity contribution >= 4 is 5.91 Å². The molecule has 0 spiro atoms. The minimum absolute atomic E-state index is 0.0918. The summed E-state index contributed by atoms with van der Waals surface area (Å²) < 4.78 is 5.74. The highest BCUT2D eigenvalue weighted by Gasteiger charge is 2.29. The van der Waals surface area contributed by atoms with Gasteiger partial charge in [-0.25, -0.2) is 0 Å². The molecule has 1 aliphatic heterocycles. The van der Waals surface area contributed by atoms with Crippen LogP contribution in [0.15, 0.2) is 0 Å². The SMILES string of the molecule is CCCOC1CCCN(C(=O)C(N)C(C)CC)C1. The van der Waals surface area contributed by atoms with Crippen molar-refractivity contribution in [1.29, 1.82) is 0 Å². The van der Waals surface area contributed by atoms with Gasteiger partial charge in [0.15, 0.2) is 0 Å². The van der Waals surface area contributed by atoms with E-state index in [1.54, 1.807) is 0 Å². The zero-order valence-corrected chi connectivity index (χ0v) is 12.0. The predicted octanol–water partition coefficient (Wildman–Crippen LogP) is 1.78. The summed E-state index contributed by atoms with van der Waals surface area (Å²) in [4.78, 5) is 14.2. The largest absolute Gasteiger partial charge is 0.376 e. The molecule has 1 amide bonds. The molecule has 0 aromatic heterocycles. The van der Waals surface area contributed by atoms with Crippen molar-refractivity contribution in [1.82, 2.24) is 4.90 Å². The van der Waals surface area contributed by atoms with E-state index in [0.29, 0.717) is 6.54 Å². The van der Waals surface area contributed by atoms with Crippen LogP contribution in [-0.2, 0) is 9.53 Å². The van der Waals surface area contributed by atoms with Gasteiger partial charge in [0.1, 0.15) is 0 Å². The monoisotopic (exact) mass is 256 g/mol. The summed E-state index contributed by atoms with van der Waals surface area (Å²) >= 11 is 0. The molecule has 0 bridgehead atoms. The number of rotatable bonds is 6. The van der Waals surface area contributed by atoms with Gasteiger partial charge in [0.05, 0.1) is 12.1 Å². The van der Waals surface area contributed by atoms with Gasteiger partial charge in [-0.2, -0.15) is 0 Å². The first-order chi connectivity index (χ1) is 8.60. The van der Waals surface area contributed by atoms with Crippen molar-refractivity contribution in [3.63, 3.8) is 0 Å². The topological polar surface area (TPSA) is 55.6 Å². The zero-order valence-electron chi connectivity index (χ0n) is 12.0. The maximum absolute atomic E-state index is 12.3. The summed E-state index contributed by atoms with van der Waals surface area (Å²) in [7, 11) is 0. The molecule has 106 valence electrons. The first-order valence-corrected chi connectivity index (χ1v) is 7.26. The van der Waals surface area contributed by atoms with Gasteiger partial charge in [-0.05, 0) is 25.2 Å².